The van der Waals surface area contributed by atoms with Gasteiger partial charge in [-0.2, -0.15) is 17.9 Å². The van der Waals surface area contributed by atoms with E-state index in [4.69, 9.17) is 11.6 Å². The normalized spacial score (nSPS) is 11.5. The first-order valence-corrected chi connectivity index (χ1v) is 10.4. The van der Waals surface area contributed by atoms with Gasteiger partial charge in [0.05, 0.1) is 10.6 Å². The highest BCUT2D eigenvalue weighted by Gasteiger charge is 2.32. The number of carbonyl (C=O) groups is 3. The van der Waals surface area contributed by atoms with Crippen LogP contribution in [0.3, 0.4) is 0 Å². The number of amides is 2. The van der Waals surface area contributed by atoms with E-state index in [1.54, 1.807) is 22.9 Å². The highest BCUT2D eigenvalue weighted by molar-refractivity contribution is 7.89. The molecule has 0 spiro atoms. The number of ether oxygens (including phenoxy) is 1. The van der Waals surface area contributed by atoms with E-state index in [0.717, 1.165) is 6.07 Å². The van der Waals surface area contributed by atoms with Gasteiger partial charge in [-0.05, 0) is 30.3 Å². The summed E-state index contributed by atoms with van der Waals surface area (Å²) in [7, 11) is -4.60. The average Bonchev–Trinajstić information content (AvgIpc) is 2.74. The van der Waals surface area contributed by atoms with Gasteiger partial charge in [0.1, 0.15) is 11.4 Å². The van der Waals surface area contributed by atoms with Crippen molar-refractivity contribution in [2.45, 2.75) is 11.1 Å². The van der Waals surface area contributed by atoms with E-state index in [2.05, 4.69) is 10.2 Å². The monoisotopic (exact) mass is 493 g/mol. The highest BCUT2D eigenvalue weighted by Crippen LogP contribution is 2.33. The van der Waals surface area contributed by atoms with Crippen LogP contribution in [0.25, 0.3) is 0 Å². The van der Waals surface area contributed by atoms with Crippen molar-refractivity contribution in [2.24, 2.45) is 0 Å². The van der Waals surface area contributed by atoms with Gasteiger partial charge in [0.15, 0.2) is 6.61 Å². The van der Waals surface area contributed by atoms with Crippen LogP contribution < -0.4 is 15.6 Å². The Bertz CT molecular complexity index is 1110. The van der Waals surface area contributed by atoms with Crippen molar-refractivity contribution in [3.05, 3.63) is 64.7 Å². The molecular formula is C18H15ClF3N3O6S. The van der Waals surface area contributed by atoms with Gasteiger partial charge < -0.3 is 4.74 Å². The molecule has 0 atom stereocenters. The van der Waals surface area contributed by atoms with Crippen LogP contribution in [-0.4, -0.2) is 39.4 Å². The number of benzene rings is 2. The molecule has 2 rings (SSSR count). The maximum absolute atomic E-state index is 12.8. The van der Waals surface area contributed by atoms with Crippen LogP contribution in [0.1, 0.15) is 15.9 Å². The predicted molar refractivity (Wildman–Crippen MR) is 105 cm³/mol. The first-order chi connectivity index (χ1) is 14.9. The second-order valence-corrected chi connectivity index (χ2v) is 8.14. The van der Waals surface area contributed by atoms with Crippen molar-refractivity contribution < 1.29 is 40.7 Å². The van der Waals surface area contributed by atoms with E-state index in [1.807, 2.05) is 5.43 Å². The summed E-state index contributed by atoms with van der Waals surface area (Å²) in [5.41, 5.74) is 3.07. The lowest BCUT2D eigenvalue weighted by Crippen LogP contribution is -2.44. The van der Waals surface area contributed by atoms with Gasteiger partial charge in [-0.25, -0.2) is 8.42 Å². The van der Waals surface area contributed by atoms with Crippen LogP contribution in [0.5, 0.6) is 0 Å². The molecule has 0 saturated heterocycles. The second kappa shape index (κ2) is 10.4. The molecule has 0 unspecified atom stereocenters. The number of hydrazine groups is 1. The van der Waals surface area contributed by atoms with Crippen LogP contribution in [0.2, 0.25) is 5.02 Å². The average molecular weight is 494 g/mol. The molecule has 32 heavy (non-hydrogen) atoms. The van der Waals surface area contributed by atoms with Crippen LogP contribution in [0.4, 0.5) is 13.2 Å². The Morgan fingerprint density at radius 1 is 1.00 bits per heavy atom. The van der Waals surface area contributed by atoms with Gasteiger partial charge in [0.2, 0.25) is 10.0 Å². The van der Waals surface area contributed by atoms with E-state index in [-0.39, 0.29) is 5.56 Å². The Hall–Kier alpha value is -3.16. The molecule has 2 amide bonds. The zero-order chi connectivity index (χ0) is 23.9. The number of rotatable bonds is 7. The van der Waals surface area contributed by atoms with E-state index in [9.17, 15) is 36.0 Å². The maximum atomic E-state index is 12.8. The third kappa shape index (κ3) is 7.21. The quantitative estimate of drug-likeness (QED) is 0.397. The van der Waals surface area contributed by atoms with Crippen LogP contribution in [0, 0.1) is 0 Å². The Labute approximate surface area is 184 Å². The lowest BCUT2D eigenvalue weighted by molar-refractivity contribution is -0.147. The first kappa shape index (κ1) is 25.1. The predicted octanol–water partition coefficient (Wildman–Crippen LogP) is 1.64. The van der Waals surface area contributed by atoms with Crippen molar-refractivity contribution in [1.82, 2.24) is 15.6 Å². The minimum Gasteiger partial charge on any atom is -0.455 e. The number of carbonyl (C=O) groups excluding carboxylic acids is 3. The van der Waals surface area contributed by atoms with E-state index in [0.29, 0.717) is 12.1 Å². The number of alkyl halides is 3. The molecule has 0 radical (unpaired) electrons. The summed E-state index contributed by atoms with van der Waals surface area (Å²) in [5, 5.41) is -0.493. The number of hydrogen-bond donors (Lipinski definition) is 3. The molecule has 0 aliphatic rings. The number of sulfonamides is 1. The van der Waals surface area contributed by atoms with Crippen LogP contribution in [-0.2, 0) is 30.5 Å². The lowest BCUT2D eigenvalue weighted by Gasteiger charge is -2.12. The topological polar surface area (TPSA) is 131 Å². The fraction of sp³-hybridized carbons (Fsp3) is 0.167. The smallest absolute Gasteiger partial charge is 0.416 e. The molecule has 0 aromatic heterocycles. The zero-order valence-corrected chi connectivity index (χ0v) is 17.5. The Balaban J connectivity index is 1.85. The molecule has 0 aliphatic heterocycles. The van der Waals surface area contributed by atoms with Gasteiger partial charge in [0, 0.05) is 5.56 Å². The van der Waals surface area contributed by atoms with Crippen molar-refractivity contribution in [3.8, 4) is 0 Å². The summed E-state index contributed by atoms with van der Waals surface area (Å²) in [6.45, 7) is -1.85. The molecule has 0 fully saturated rings. The minimum absolute atomic E-state index is 0.257. The molecular weight excluding hydrogens is 479 g/mol. The highest BCUT2D eigenvalue weighted by atomic mass is 35.5. The summed E-state index contributed by atoms with van der Waals surface area (Å²) in [6, 6.07) is 9.55. The van der Waals surface area contributed by atoms with Gasteiger partial charge >= 0.3 is 12.1 Å². The Morgan fingerprint density at radius 3 is 2.28 bits per heavy atom. The molecule has 172 valence electrons. The first-order valence-electron chi connectivity index (χ1n) is 8.56. The lowest BCUT2D eigenvalue weighted by atomic mass is 10.2. The number of hydrogen-bond acceptors (Lipinski definition) is 6. The Kier molecular flexibility index (Phi) is 8.19. The SMILES string of the molecule is O=C(COC(=O)CNS(=O)(=O)c1cc(C(F)(F)F)ccc1Cl)NNC(=O)c1ccccc1. The number of esters is 1. The molecule has 2 aromatic carbocycles. The van der Waals surface area contributed by atoms with Gasteiger partial charge in [-0.3, -0.25) is 25.2 Å². The molecule has 0 aliphatic carbocycles. The zero-order valence-electron chi connectivity index (χ0n) is 15.9. The van der Waals surface area contributed by atoms with Crippen LogP contribution >= 0.6 is 11.6 Å². The molecule has 3 N–H and O–H groups in total. The standard InChI is InChI=1S/C18H15ClF3N3O6S/c19-13-7-6-12(18(20,21)22)8-14(13)32(29,30)23-9-16(27)31-10-15(26)24-25-17(28)11-4-2-1-3-5-11/h1-8,23H,9-10H2,(H,24,26)(H,25,28). The van der Waals surface area contributed by atoms with Gasteiger partial charge in [-0.1, -0.05) is 29.8 Å². The van der Waals surface area contributed by atoms with Crippen molar-refractivity contribution in [1.29, 1.82) is 0 Å². The number of nitrogens with one attached hydrogen (secondary N) is 3. The van der Waals surface area contributed by atoms with Gasteiger partial charge in [0.25, 0.3) is 11.8 Å². The molecule has 2 aromatic rings. The fourth-order valence-electron chi connectivity index (χ4n) is 2.14. The summed E-state index contributed by atoms with van der Waals surface area (Å²) < 4.78 is 69.0. The van der Waals surface area contributed by atoms with Gasteiger partial charge in [-0.15, -0.1) is 0 Å². The van der Waals surface area contributed by atoms with Crippen molar-refractivity contribution >= 4 is 39.4 Å². The summed E-state index contributed by atoms with van der Waals surface area (Å²) >= 11 is 5.66. The minimum atomic E-state index is -4.81. The summed E-state index contributed by atoms with van der Waals surface area (Å²) in [6.07, 6.45) is -4.81. The number of halogens is 4. The third-order valence-electron chi connectivity index (χ3n) is 3.67. The van der Waals surface area contributed by atoms with Crippen molar-refractivity contribution in [2.75, 3.05) is 13.2 Å². The van der Waals surface area contributed by atoms with E-state index >= 15 is 0 Å². The van der Waals surface area contributed by atoms with E-state index in [1.165, 1.54) is 12.1 Å². The third-order valence-corrected chi connectivity index (χ3v) is 5.55. The van der Waals surface area contributed by atoms with Crippen LogP contribution in [0.15, 0.2) is 53.4 Å². The Morgan fingerprint density at radius 2 is 1.66 bits per heavy atom. The molecule has 0 bridgehead atoms. The van der Waals surface area contributed by atoms with Crippen molar-refractivity contribution in [3.63, 3.8) is 0 Å². The maximum Gasteiger partial charge on any atom is 0.416 e. The van der Waals surface area contributed by atoms with E-state index < -0.39 is 62.6 Å². The molecule has 0 saturated carbocycles. The molecule has 0 heterocycles. The second-order valence-electron chi connectivity index (χ2n) is 6.00. The molecule has 14 heteroatoms. The summed E-state index contributed by atoms with van der Waals surface area (Å²) in [5.74, 6) is -2.76. The summed E-state index contributed by atoms with van der Waals surface area (Å²) in [4.78, 5) is 34.2. The molecule has 9 nitrogen and oxygen atoms in total. The largest absolute Gasteiger partial charge is 0.455 e. The fourth-order valence-corrected chi connectivity index (χ4v) is 3.63.